The number of nitrogens with zero attached hydrogens (tertiary/aromatic N) is 1. The summed E-state index contributed by atoms with van der Waals surface area (Å²) in [4.78, 5) is 14.4. The van der Waals surface area contributed by atoms with Gasteiger partial charge in [0.2, 0.25) is 5.91 Å². The van der Waals surface area contributed by atoms with Gasteiger partial charge in [0.05, 0.1) is 6.04 Å². The molecular weight excluding hydrogens is 236 g/mol. The first-order chi connectivity index (χ1) is 9.31. The number of benzene rings is 1. The molecule has 0 unspecified atom stereocenters. The first-order valence-corrected chi connectivity index (χ1v) is 7.37. The summed E-state index contributed by atoms with van der Waals surface area (Å²) < 4.78 is 0. The van der Waals surface area contributed by atoms with E-state index in [1.165, 1.54) is 18.4 Å². The molecule has 104 valence electrons. The molecule has 1 heterocycles. The Kier molecular flexibility index (Phi) is 5.40. The van der Waals surface area contributed by atoms with Gasteiger partial charge in [0.15, 0.2) is 0 Å². The van der Waals surface area contributed by atoms with Gasteiger partial charge in [-0.25, -0.2) is 0 Å². The molecule has 0 bridgehead atoms. The SMILES string of the molecule is CCN(CCc1ccccc1)C(=O)[C@H]1CCCCN1. The zero-order chi connectivity index (χ0) is 13.5. The van der Waals surface area contributed by atoms with Crippen LogP contribution in [0, 0.1) is 0 Å². The lowest BCUT2D eigenvalue weighted by atomic mass is 10.0. The minimum Gasteiger partial charge on any atom is -0.341 e. The highest BCUT2D eigenvalue weighted by Gasteiger charge is 2.24. The van der Waals surface area contributed by atoms with Crippen molar-refractivity contribution in [3.05, 3.63) is 35.9 Å². The van der Waals surface area contributed by atoms with E-state index < -0.39 is 0 Å². The van der Waals surface area contributed by atoms with E-state index in [0.717, 1.165) is 32.5 Å². The van der Waals surface area contributed by atoms with Crippen molar-refractivity contribution >= 4 is 5.91 Å². The van der Waals surface area contributed by atoms with Crippen LogP contribution in [0.1, 0.15) is 31.7 Å². The minimum atomic E-state index is 0.0458. The molecule has 0 aliphatic carbocycles. The van der Waals surface area contributed by atoms with Crippen LogP contribution in [0.3, 0.4) is 0 Å². The van der Waals surface area contributed by atoms with Crippen LogP contribution >= 0.6 is 0 Å². The van der Waals surface area contributed by atoms with Crippen LogP contribution < -0.4 is 5.32 Å². The standard InChI is InChI=1S/C16H24N2O/c1-2-18(13-11-14-8-4-3-5-9-14)16(19)15-10-6-7-12-17-15/h3-5,8-9,15,17H,2,6-7,10-13H2,1H3/t15-/m1/s1. The summed E-state index contributed by atoms with van der Waals surface area (Å²) in [6.45, 7) is 4.65. The molecule has 1 amide bonds. The molecule has 3 nitrogen and oxygen atoms in total. The van der Waals surface area contributed by atoms with Gasteiger partial charge in [-0.15, -0.1) is 0 Å². The second-order valence-corrected chi connectivity index (χ2v) is 5.16. The van der Waals surface area contributed by atoms with Gasteiger partial charge in [-0.3, -0.25) is 4.79 Å². The van der Waals surface area contributed by atoms with E-state index in [0.29, 0.717) is 0 Å². The van der Waals surface area contributed by atoms with E-state index in [9.17, 15) is 4.79 Å². The van der Waals surface area contributed by atoms with E-state index >= 15 is 0 Å². The molecule has 3 heteroatoms. The summed E-state index contributed by atoms with van der Waals surface area (Å²) in [5, 5.41) is 3.34. The zero-order valence-electron chi connectivity index (χ0n) is 11.8. The second-order valence-electron chi connectivity index (χ2n) is 5.16. The van der Waals surface area contributed by atoms with Crippen LogP contribution in [-0.4, -0.2) is 36.5 Å². The summed E-state index contributed by atoms with van der Waals surface area (Å²) in [6, 6.07) is 10.4. The number of carbonyl (C=O) groups excluding carboxylic acids is 1. The molecule has 1 aromatic carbocycles. The third kappa shape index (κ3) is 4.06. The van der Waals surface area contributed by atoms with Crippen molar-refractivity contribution in [2.45, 2.75) is 38.6 Å². The number of piperidine rings is 1. The molecule has 2 rings (SSSR count). The fraction of sp³-hybridized carbons (Fsp3) is 0.562. The molecular formula is C16H24N2O. The molecule has 0 saturated carbocycles. The van der Waals surface area contributed by atoms with Gasteiger partial charge in [0.1, 0.15) is 0 Å². The Hall–Kier alpha value is -1.35. The molecule has 0 spiro atoms. The zero-order valence-corrected chi connectivity index (χ0v) is 11.8. The van der Waals surface area contributed by atoms with Crippen molar-refractivity contribution in [3.63, 3.8) is 0 Å². The molecule has 1 saturated heterocycles. The van der Waals surface area contributed by atoms with E-state index in [1.807, 2.05) is 11.0 Å². The van der Waals surface area contributed by atoms with E-state index in [4.69, 9.17) is 0 Å². The maximum absolute atomic E-state index is 12.4. The number of hydrogen-bond acceptors (Lipinski definition) is 2. The van der Waals surface area contributed by atoms with E-state index in [-0.39, 0.29) is 11.9 Å². The highest BCUT2D eigenvalue weighted by Crippen LogP contribution is 2.10. The molecule has 1 aromatic rings. The molecule has 1 aliphatic rings. The summed E-state index contributed by atoms with van der Waals surface area (Å²) >= 11 is 0. The number of amides is 1. The molecule has 1 aliphatic heterocycles. The predicted molar refractivity (Wildman–Crippen MR) is 78.0 cm³/mol. The van der Waals surface area contributed by atoms with Crippen LogP contribution in [0.2, 0.25) is 0 Å². The quantitative estimate of drug-likeness (QED) is 0.880. The fourth-order valence-electron chi connectivity index (χ4n) is 2.62. The van der Waals surface area contributed by atoms with Gasteiger partial charge in [0.25, 0.3) is 0 Å². The number of rotatable bonds is 5. The van der Waals surface area contributed by atoms with Crippen LogP contribution in [0.5, 0.6) is 0 Å². The average molecular weight is 260 g/mol. The predicted octanol–water partition coefficient (Wildman–Crippen LogP) is 2.22. The van der Waals surface area contributed by atoms with Crippen LogP contribution in [0.4, 0.5) is 0 Å². The van der Waals surface area contributed by atoms with Crippen molar-refractivity contribution in [2.75, 3.05) is 19.6 Å². The number of carbonyl (C=O) groups is 1. The highest BCUT2D eigenvalue weighted by atomic mass is 16.2. The average Bonchev–Trinajstić information content (AvgIpc) is 2.49. The van der Waals surface area contributed by atoms with E-state index in [2.05, 4.69) is 36.5 Å². The maximum Gasteiger partial charge on any atom is 0.239 e. The first kappa shape index (κ1) is 14.1. The minimum absolute atomic E-state index is 0.0458. The van der Waals surface area contributed by atoms with Crippen LogP contribution in [0.25, 0.3) is 0 Å². The lowest BCUT2D eigenvalue weighted by Gasteiger charge is -2.29. The second kappa shape index (κ2) is 7.29. The molecule has 1 N–H and O–H groups in total. The van der Waals surface area contributed by atoms with Gasteiger partial charge in [0, 0.05) is 13.1 Å². The number of hydrogen-bond donors (Lipinski definition) is 1. The van der Waals surface area contributed by atoms with Crippen molar-refractivity contribution in [1.82, 2.24) is 10.2 Å². The largest absolute Gasteiger partial charge is 0.341 e. The molecule has 0 radical (unpaired) electrons. The first-order valence-electron chi connectivity index (χ1n) is 7.37. The monoisotopic (exact) mass is 260 g/mol. The highest BCUT2D eigenvalue weighted by molar-refractivity contribution is 5.82. The van der Waals surface area contributed by atoms with Gasteiger partial charge in [-0.1, -0.05) is 36.8 Å². The molecule has 0 aromatic heterocycles. The molecule has 1 atom stereocenters. The molecule has 19 heavy (non-hydrogen) atoms. The lowest BCUT2D eigenvalue weighted by Crippen LogP contribution is -2.49. The van der Waals surface area contributed by atoms with E-state index in [1.54, 1.807) is 0 Å². The Balaban J connectivity index is 1.86. The Labute approximate surface area is 116 Å². The van der Waals surface area contributed by atoms with Crippen molar-refractivity contribution in [1.29, 1.82) is 0 Å². The smallest absolute Gasteiger partial charge is 0.239 e. The Bertz CT molecular complexity index is 385. The summed E-state index contributed by atoms with van der Waals surface area (Å²) in [7, 11) is 0. The third-order valence-electron chi connectivity index (χ3n) is 3.82. The van der Waals surface area contributed by atoms with Gasteiger partial charge in [-0.05, 0) is 38.3 Å². The topological polar surface area (TPSA) is 32.3 Å². The van der Waals surface area contributed by atoms with Crippen LogP contribution in [0.15, 0.2) is 30.3 Å². The van der Waals surface area contributed by atoms with Gasteiger partial charge in [-0.2, -0.15) is 0 Å². The van der Waals surface area contributed by atoms with Gasteiger partial charge < -0.3 is 10.2 Å². The lowest BCUT2D eigenvalue weighted by molar-refractivity contribution is -0.133. The summed E-state index contributed by atoms with van der Waals surface area (Å²) in [6.07, 6.45) is 4.29. The number of nitrogens with one attached hydrogen (secondary N) is 1. The maximum atomic E-state index is 12.4. The summed E-state index contributed by atoms with van der Waals surface area (Å²) in [5.74, 6) is 0.276. The normalized spacial score (nSPS) is 19.1. The molecule has 1 fully saturated rings. The van der Waals surface area contributed by atoms with Crippen molar-refractivity contribution in [2.24, 2.45) is 0 Å². The van der Waals surface area contributed by atoms with Gasteiger partial charge >= 0.3 is 0 Å². The Morgan fingerprint density at radius 2 is 2.11 bits per heavy atom. The van der Waals surface area contributed by atoms with Crippen molar-refractivity contribution < 1.29 is 4.79 Å². The number of likely N-dealkylation sites (N-methyl/N-ethyl adjacent to an activating group) is 1. The Morgan fingerprint density at radius 3 is 2.74 bits per heavy atom. The summed E-state index contributed by atoms with van der Waals surface area (Å²) in [5.41, 5.74) is 1.30. The van der Waals surface area contributed by atoms with Crippen molar-refractivity contribution in [3.8, 4) is 0 Å². The third-order valence-corrected chi connectivity index (χ3v) is 3.82. The van der Waals surface area contributed by atoms with Crippen LogP contribution in [-0.2, 0) is 11.2 Å². The fourth-order valence-corrected chi connectivity index (χ4v) is 2.62. The Morgan fingerprint density at radius 1 is 1.32 bits per heavy atom.